The predicted molar refractivity (Wildman–Crippen MR) is 76.1 cm³/mol. The molecule has 1 heterocycles. The van der Waals surface area contributed by atoms with Gasteiger partial charge in [0.2, 0.25) is 0 Å². The lowest BCUT2D eigenvalue weighted by Crippen LogP contribution is -2.42. The summed E-state index contributed by atoms with van der Waals surface area (Å²) in [6, 6.07) is -1.20. The third-order valence-corrected chi connectivity index (χ3v) is 3.41. The third kappa shape index (κ3) is 4.35. The standard InChI is InChI=1S/C12H17ClN2O4S/c1-5-15(11(18)19-12(2,3)4)8(10(16)17)9-14-6-7(13)20-9/h6,8H,5H2,1-4H3,(H,16,17). The number of carbonyl (C=O) groups excluding carboxylic acids is 1. The van der Waals surface area contributed by atoms with E-state index in [0.29, 0.717) is 4.34 Å². The maximum absolute atomic E-state index is 12.1. The highest BCUT2D eigenvalue weighted by Crippen LogP contribution is 2.29. The molecule has 6 nitrogen and oxygen atoms in total. The molecule has 0 aliphatic rings. The van der Waals surface area contributed by atoms with Gasteiger partial charge in [0.25, 0.3) is 0 Å². The van der Waals surface area contributed by atoms with Gasteiger partial charge in [0.15, 0.2) is 6.04 Å². The topological polar surface area (TPSA) is 79.7 Å². The molecule has 1 amide bonds. The van der Waals surface area contributed by atoms with Gasteiger partial charge >= 0.3 is 12.1 Å². The summed E-state index contributed by atoms with van der Waals surface area (Å²) in [4.78, 5) is 28.6. The van der Waals surface area contributed by atoms with Crippen LogP contribution >= 0.6 is 22.9 Å². The molecule has 0 saturated carbocycles. The summed E-state index contributed by atoms with van der Waals surface area (Å²) < 4.78 is 5.58. The molecule has 112 valence electrons. The number of hydrogen-bond donors (Lipinski definition) is 1. The van der Waals surface area contributed by atoms with Crippen LogP contribution in [-0.2, 0) is 9.53 Å². The molecule has 0 spiro atoms. The van der Waals surface area contributed by atoms with Crippen molar-refractivity contribution >= 4 is 35.0 Å². The monoisotopic (exact) mass is 320 g/mol. The minimum Gasteiger partial charge on any atom is -0.479 e. The van der Waals surface area contributed by atoms with Crippen molar-refractivity contribution < 1.29 is 19.4 Å². The van der Waals surface area contributed by atoms with Crippen molar-refractivity contribution in [2.75, 3.05) is 6.54 Å². The summed E-state index contributed by atoms with van der Waals surface area (Å²) in [5.41, 5.74) is -0.700. The van der Waals surface area contributed by atoms with E-state index in [0.717, 1.165) is 16.2 Å². The van der Waals surface area contributed by atoms with Crippen LogP contribution in [0.5, 0.6) is 0 Å². The molecule has 8 heteroatoms. The van der Waals surface area contributed by atoms with E-state index < -0.39 is 23.7 Å². The minimum absolute atomic E-state index is 0.184. The number of halogens is 1. The Bertz CT molecular complexity index is 498. The lowest BCUT2D eigenvalue weighted by molar-refractivity contribution is -0.143. The van der Waals surface area contributed by atoms with E-state index >= 15 is 0 Å². The predicted octanol–water partition coefficient (Wildman–Crippen LogP) is 3.18. The van der Waals surface area contributed by atoms with Crippen LogP contribution < -0.4 is 0 Å². The summed E-state index contributed by atoms with van der Waals surface area (Å²) in [6.07, 6.45) is 0.666. The van der Waals surface area contributed by atoms with Crippen molar-refractivity contribution in [2.45, 2.75) is 39.3 Å². The molecule has 1 rings (SSSR count). The van der Waals surface area contributed by atoms with E-state index in [1.807, 2.05) is 0 Å². The lowest BCUT2D eigenvalue weighted by Gasteiger charge is -2.29. The molecule has 20 heavy (non-hydrogen) atoms. The molecule has 1 unspecified atom stereocenters. The maximum Gasteiger partial charge on any atom is 0.411 e. The molecule has 0 aromatic carbocycles. The first-order valence-corrected chi connectivity index (χ1v) is 7.18. The maximum atomic E-state index is 12.1. The van der Waals surface area contributed by atoms with Crippen LogP contribution in [0.25, 0.3) is 0 Å². The fraction of sp³-hybridized carbons (Fsp3) is 0.583. The number of carboxylic acids is 1. The highest BCUT2D eigenvalue weighted by Gasteiger charge is 2.35. The minimum atomic E-state index is -1.20. The van der Waals surface area contributed by atoms with Crippen molar-refractivity contribution in [3.05, 3.63) is 15.5 Å². The quantitative estimate of drug-likeness (QED) is 0.921. The van der Waals surface area contributed by atoms with Crippen LogP contribution in [0.2, 0.25) is 4.34 Å². The second kappa shape index (κ2) is 6.41. The summed E-state index contributed by atoms with van der Waals surface area (Å²) in [7, 11) is 0. The van der Waals surface area contributed by atoms with Crippen LogP contribution in [0.1, 0.15) is 38.7 Å². The summed E-state index contributed by atoms with van der Waals surface area (Å²) in [5, 5.41) is 9.60. The van der Waals surface area contributed by atoms with Crippen LogP contribution in [-0.4, -0.2) is 39.2 Å². The van der Waals surface area contributed by atoms with Gasteiger partial charge in [0, 0.05) is 6.54 Å². The van der Waals surface area contributed by atoms with Gasteiger partial charge in [0.05, 0.1) is 6.20 Å². The summed E-state index contributed by atoms with van der Waals surface area (Å²) in [5.74, 6) is -1.18. The molecule has 0 fully saturated rings. The fourth-order valence-corrected chi connectivity index (χ4v) is 2.54. The number of rotatable bonds is 4. The van der Waals surface area contributed by atoms with Gasteiger partial charge in [-0.05, 0) is 27.7 Å². The molecule has 1 aromatic heterocycles. The van der Waals surface area contributed by atoms with E-state index in [9.17, 15) is 14.7 Å². The van der Waals surface area contributed by atoms with Gasteiger partial charge in [-0.25, -0.2) is 14.6 Å². The van der Waals surface area contributed by atoms with Gasteiger partial charge in [-0.2, -0.15) is 0 Å². The van der Waals surface area contributed by atoms with Gasteiger partial charge in [-0.15, -0.1) is 11.3 Å². The second-order valence-corrected chi connectivity index (χ2v) is 6.70. The highest BCUT2D eigenvalue weighted by atomic mass is 35.5. The molecule has 0 radical (unpaired) electrons. The van der Waals surface area contributed by atoms with Crippen molar-refractivity contribution in [1.82, 2.24) is 9.88 Å². The molecular weight excluding hydrogens is 304 g/mol. The zero-order valence-electron chi connectivity index (χ0n) is 11.7. The van der Waals surface area contributed by atoms with Crippen LogP contribution in [0, 0.1) is 0 Å². The van der Waals surface area contributed by atoms with Crippen molar-refractivity contribution in [2.24, 2.45) is 0 Å². The average Bonchev–Trinajstić information content (AvgIpc) is 2.68. The molecule has 1 atom stereocenters. The Kier molecular flexibility index (Phi) is 5.35. The van der Waals surface area contributed by atoms with Crippen LogP contribution in [0.4, 0.5) is 4.79 Å². The average molecular weight is 321 g/mol. The van der Waals surface area contributed by atoms with Crippen LogP contribution in [0.3, 0.4) is 0 Å². The molecular formula is C12H17ClN2O4S. The van der Waals surface area contributed by atoms with Crippen molar-refractivity contribution in [3.63, 3.8) is 0 Å². The Morgan fingerprint density at radius 1 is 1.55 bits per heavy atom. The number of hydrogen-bond acceptors (Lipinski definition) is 5. The largest absolute Gasteiger partial charge is 0.479 e. The van der Waals surface area contributed by atoms with Gasteiger partial charge in [0.1, 0.15) is 14.9 Å². The number of ether oxygens (including phenoxy) is 1. The van der Waals surface area contributed by atoms with Gasteiger partial charge in [-0.3, -0.25) is 4.90 Å². The molecule has 0 saturated heterocycles. The molecule has 1 aromatic rings. The normalized spacial score (nSPS) is 12.8. The SMILES string of the molecule is CCN(C(=O)OC(C)(C)C)C(C(=O)O)c1ncc(Cl)s1. The number of carbonyl (C=O) groups is 2. The van der Waals surface area contributed by atoms with Gasteiger partial charge in [-0.1, -0.05) is 11.6 Å². The first-order chi connectivity index (χ1) is 9.15. The van der Waals surface area contributed by atoms with E-state index in [1.165, 1.54) is 6.20 Å². The summed E-state index contributed by atoms with van der Waals surface area (Å²) >= 11 is 6.80. The fourth-order valence-electron chi connectivity index (χ4n) is 1.50. The lowest BCUT2D eigenvalue weighted by atomic mass is 10.2. The Morgan fingerprint density at radius 3 is 2.50 bits per heavy atom. The number of thiazole rings is 1. The number of aromatic nitrogens is 1. The first-order valence-electron chi connectivity index (χ1n) is 5.99. The van der Waals surface area contributed by atoms with Crippen molar-refractivity contribution in [1.29, 1.82) is 0 Å². The highest BCUT2D eigenvalue weighted by molar-refractivity contribution is 7.16. The second-order valence-electron chi connectivity index (χ2n) is 5.01. The first kappa shape index (κ1) is 16.7. The zero-order chi connectivity index (χ0) is 15.5. The van der Waals surface area contributed by atoms with Crippen LogP contribution in [0.15, 0.2) is 6.20 Å². The number of carboxylic acid groups (broad SMARTS) is 1. The number of amides is 1. The van der Waals surface area contributed by atoms with Crippen molar-refractivity contribution in [3.8, 4) is 0 Å². The van der Waals surface area contributed by atoms with Gasteiger partial charge < -0.3 is 9.84 Å². The Morgan fingerprint density at radius 2 is 2.15 bits per heavy atom. The Labute approximate surface area is 126 Å². The molecule has 1 N–H and O–H groups in total. The third-order valence-electron chi connectivity index (χ3n) is 2.24. The smallest absolute Gasteiger partial charge is 0.411 e. The van der Waals surface area contributed by atoms with E-state index in [4.69, 9.17) is 16.3 Å². The van der Waals surface area contributed by atoms with E-state index in [-0.39, 0.29) is 11.6 Å². The zero-order valence-corrected chi connectivity index (χ0v) is 13.3. The number of likely N-dealkylation sites (N-methyl/N-ethyl adjacent to an activating group) is 1. The van der Waals surface area contributed by atoms with E-state index in [2.05, 4.69) is 4.98 Å². The Balaban J connectivity index is 3.05. The molecule has 0 aliphatic carbocycles. The molecule has 0 aliphatic heterocycles. The molecule has 0 bridgehead atoms. The number of nitrogens with zero attached hydrogens (tertiary/aromatic N) is 2. The summed E-state index contributed by atoms with van der Waals surface area (Å²) in [6.45, 7) is 7.01. The Hall–Kier alpha value is -1.34. The number of aliphatic carboxylic acids is 1. The van der Waals surface area contributed by atoms with E-state index in [1.54, 1.807) is 27.7 Å².